The van der Waals surface area contributed by atoms with Gasteiger partial charge >= 0.3 is 5.97 Å². The lowest BCUT2D eigenvalue weighted by molar-refractivity contribution is -0.253. The second-order valence-electron chi connectivity index (χ2n) is 13.8. The van der Waals surface area contributed by atoms with Crippen molar-refractivity contribution in [2.24, 2.45) is 0 Å². The largest absolute Gasteiger partial charge is 0.481 e. The van der Waals surface area contributed by atoms with E-state index in [9.17, 15) is 14.7 Å². The number of nitrogens with zero attached hydrogens (tertiary/aromatic N) is 1. The zero-order chi connectivity index (χ0) is 36.5. The van der Waals surface area contributed by atoms with Gasteiger partial charge < -0.3 is 25.0 Å². The van der Waals surface area contributed by atoms with Crippen LogP contribution in [0.25, 0.3) is 21.9 Å². The fraction of sp³-hybridized carbons (Fsp3) is 0.318. The highest BCUT2D eigenvalue weighted by Crippen LogP contribution is 2.39. The molecule has 0 spiro atoms. The van der Waals surface area contributed by atoms with Crippen molar-refractivity contribution in [2.75, 3.05) is 13.6 Å². The third-order valence-electron chi connectivity index (χ3n) is 9.98. The minimum absolute atomic E-state index is 0.00736. The average molecular weight is 701 g/mol. The summed E-state index contributed by atoms with van der Waals surface area (Å²) in [6.07, 6.45) is 1.22. The minimum atomic E-state index is -0.842. The third-order valence-corrected chi connectivity index (χ3v) is 9.98. The van der Waals surface area contributed by atoms with E-state index >= 15 is 0 Å². The Kier molecular flexibility index (Phi) is 12.5. The number of aliphatic hydroxyl groups is 1. The Hall–Kier alpha value is -4.86. The molecule has 4 atom stereocenters. The van der Waals surface area contributed by atoms with Crippen LogP contribution in [0.1, 0.15) is 85.3 Å². The van der Waals surface area contributed by atoms with Crippen molar-refractivity contribution in [1.82, 2.24) is 10.2 Å². The lowest BCUT2D eigenvalue weighted by Crippen LogP contribution is -2.38. The Morgan fingerprint density at radius 2 is 1.52 bits per heavy atom. The predicted octanol–water partition coefficient (Wildman–Crippen LogP) is 8.50. The second-order valence-corrected chi connectivity index (χ2v) is 13.8. The minimum Gasteiger partial charge on any atom is -0.481 e. The van der Waals surface area contributed by atoms with Crippen LogP contribution in [0.4, 0.5) is 0 Å². The smallest absolute Gasteiger partial charge is 0.303 e. The molecule has 8 heteroatoms. The number of rotatable bonds is 15. The maximum atomic E-state index is 12.3. The van der Waals surface area contributed by atoms with Gasteiger partial charge in [-0.3, -0.25) is 14.5 Å². The van der Waals surface area contributed by atoms with Crippen molar-refractivity contribution >= 4 is 22.6 Å². The van der Waals surface area contributed by atoms with Gasteiger partial charge in [0.05, 0.1) is 18.8 Å². The van der Waals surface area contributed by atoms with Gasteiger partial charge in [-0.15, -0.1) is 0 Å². The van der Waals surface area contributed by atoms with E-state index in [2.05, 4.69) is 90.9 Å². The van der Waals surface area contributed by atoms with Gasteiger partial charge in [0.1, 0.15) is 0 Å². The number of amides is 1. The summed E-state index contributed by atoms with van der Waals surface area (Å²) in [4.78, 5) is 25.4. The number of benzene rings is 5. The first-order chi connectivity index (χ1) is 25.2. The number of aliphatic hydroxyl groups excluding tert-OH is 1. The van der Waals surface area contributed by atoms with Gasteiger partial charge in [-0.05, 0) is 89.2 Å². The summed E-state index contributed by atoms with van der Waals surface area (Å²) in [5.74, 6) is -0.928. The highest BCUT2D eigenvalue weighted by molar-refractivity contribution is 5.83. The van der Waals surface area contributed by atoms with Gasteiger partial charge in [0.25, 0.3) is 0 Å². The number of hydrogen-bond acceptors (Lipinski definition) is 6. The number of carbonyl (C=O) groups excluding carboxylic acids is 1. The molecule has 3 N–H and O–H groups in total. The molecular formula is C44H48N2O6. The Morgan fingerprint density at radius 3 is 2.29 bits per heavy atom. The van der Waals surface area contributed by atoms with Gasteiger partial charge in [-0.1, -0.05) is 97.1 Å². The number of fused-ring (bicyclic) bond motifs is 1. The number of unbranched alkanes of at least 4 members (excludes halogenated alkanes) is 1. The topological polar surface area (TPSA) is 108 Å². The molecule has 0 radical (unpaired) electrons. The van der Waals surface area contributed by atoms with Gasteiger partial charge in [-0.25, -0.2) is 0 Å². The van der Waals surface area contributed by atoms with Crippen LogP contribution in [0.2, 0.25) is 0 Å². The number of aliphatic carboxylic acids is 1. The summed E-state index contributed by atoms with van der Waals surface area (Å²) >= 11 is 0. The van der Waals surface area contributed by atoms with Crippen LogP contribution in [-0.2, 0) is 32.2 Å². The number of nitrogens with one attached hydrogen (secondary N) is 1. The molecule has 52 heavy (non-hydrogen) atoms. The fourth-order valence-corrected chi connectivity index (χ4v) is 6.81. The van der Waals surface area contributed by atoms with Crippen LogP contribution in [0.15, 0.2) is 115 Å². The predicted molar refractivity (Wildman–Crippen MR) is 203 cm³/mol. The van der Waals surface area contributed by atoms with Crippen molar-refractivity contribution < 1.29 is 29.3 Å². The first-order valence-corrected chi connectivity index (χ1v) is 18.1. The lowest BCUT2D eigenvalue weighted by atomic mass is 9.97. The molecule has 1 aliphatic rings. The van der Waals surface area contributed by atoms with E-state index in [0.29, 0.717) is 38.8 Å². The monoisotopic (exact) mass is 700 g/mol. The standard InChI is InChI=1S/C44H48N2O6/c1-30(35-22-21-33-10-3-4-11-37(33)24-35)46(2)28-40-26-41(34-19-17-31(29-47)18-20-34)52-44(51-40)39-14-8-13-38(25-39)36-12-7-9-32(23-36)27-45-42(48)15-5-6-16-43(49)50/h3-4,7-14,17-25,30,40-41,44,47H,5-6,15-16,26-29H2,1-2H3,(H,45,48)(H,49,50)/t30-,40+,41-,44-/m1/s1. The van der Waals surface area contributed by atoms with E-state index in [1.54, 1.807) is 0 Å². The molecule has 6 rings (SSSR count). The zero-order valence-electron chi connectivity index (χ0n) is 29.9. The van der Waals surface area contributed by atoms with Crippen molar-refractivity contribution in [3.63, 3.8) is 0 Å². The Bertz CT molecular complexity index is 1960. The van der Waals surface area contributed by atoms with Crippen molar-refractivity contribution in [1.29, 1.82) is 0 Å². The van der Waals surface area contributed by atoms with Crippen LogP contribution >= 0.6 is 0 Å². The third kappa shape index (κ3) is 9.72. The highest BCUT2D eigenvalue weighted by atomic mass is 16.7. The zero-order valence-corrected chi connectivity index (χ0v) is 29.9. The number of ether oxygens (including phenoxy) is 2. The van der Waals surface area contributed by atoms with Crippen LogP contribution in [0, 0.1) is 0 Å². The van der Waals surface area contributed by atoms with Crippen molar-refractivity contribution in [3.8, 4) is 11.1 Å². The molecule has 1 heterocycles. The number of carboxylic acid groups (broad SMARTS) is 1. The summed E-state index contributed by atoms with van der Waals surface area (Å²) in [6, 6.07) is 39.6. The molecule has 1 fully saturated rings. The maximum Gasteiger partial charge on any atom is 0.303 e. The Labute approximate surface area is 306 Å². The number of carbonyl (C=O) groups is 2. The summed E-state index contributed by atoms with van der Waals surface area (Å²) in [5, 5.41) is 23.9. The quantitative estimate of drug-likeness (QED) is 0.0941. The van der Waals surface area contributed by atoms with E-state index in [4.69, 9.17) is 14.6 Å². The Morgan fingerprint density at radius 1 is 0.788 bits per heavy atom. The molecular weight excluding hydrogens is 652 g/mol. The lowest BCUT2D eigenvalue weighted by Gasteiger charge is -2.39. The van der Waals surface area contributed by atoms with Crippen LogP contribution < -0.4 is 5.32 Å². The first-order valence-electron chi connectivity index (χ1n) is 18.1. The Balaban J connectivity index is 1.17. The SMILES string of the molecule is C[C@H](c1ccc2ccccc2c1)N(C)C[C@@H]1C[C@H](c2ccc(CO)cc2)O[C@H](c2cccc(-c3cccc(CNC(=O)CCCCC(=O)O)c3)c2)O1. The molecule has 5 aromatic carbocycles. The number of hydrogen-bond donors (Lipinski definition) is 3. The van der Waals surface area contributed by atoms with Gasteiger partial charge in [0, 0.05) is 44.0 Å². The fourth-order valence-electron chi connectivity index (χ4n) is 6.81. The van der Waals surface area contributed by atoms with Crippen molar-refractivity contribution in [3.05, 3.63) is 143 Å². The summed E-state index contributed by atoms with van der Waals surface area (Å²) < 4.78 is 13.4. The van der Waals surface area contributed by atoms with E-state index in [1.165, 1.54) is 16.3 Å². The first kappa shape index (κ1) is 36.9. The van der Waals surface area contributed by atoms with E-state index in [1.807, 2.05) is 48.5 Å². The van der Waals surface area contributed by atoms with Gasteiger partial charge in [0.15, 0.2) is 6.29 Å². The molecule has 1 aliphatic heterocycles. The molecule has 270 valence electrons. The summed E-state index contributed by atoms with van der Waals surface area (Å²) in [7, 11) is 2.15. The van der Waals surface area contributed by atoms with Crippen LogP contribution in [0.3, 0.4) is 0 Å². The number of likely N-dealkylation sites (N-methyl/N-ethyl adjacent to an activating group) is 1. The van der Waals surface area contributed by atoms with Crippen LogP contribution in [-0.4, -0.2) is 46.7 Å². The normalized spacial score (nSPS) is 18.0. The molecule has 8 nitrogen and oxygen atoms in total. The summed E-state index contributed by atoms with van der Waals surface area (Å²) in [6.45, 7) is 3.33. The molecule has 0 unspecified atom stereocenters. The molecule has 0 aliphatic carbocycles. The molecule has 0 saturated carbocycles. The van der Waals surface area contributed by atoms with E-state index in [0.717, 1.165) is 33.4 Å². The maximum absolute atomic E-state index is 12.3. The van der Waals surface area contributed by atoms with Gasteiger partial charge in [-0.2, -0.15) is 0 Å². The molecule has 1 amide bonds. The van der Waals surface area contributed by atoms with E-state index in [-0.39, 0.29) is 37.2 Å². The molecule has 5 aromatic rings. The average Bonchev–Trinajstić information content (AvgIpc) is 3.18. The second kappa shape index (κ2) is 17.6. The van der Waals surface area contributed by atoms with Crippen molar-refractivity contribution in [2.45, 2.75) is 76.7 Å². The summed E-state index contributed by atoms with van der Waals surface area (Å²) in [5.41, 5.74) is 7.09. The molecule has 0 bridgehead atoms. The van der Waals surface area contributed by atoms with E-state index < -0.39 is 12.3 Å². The molecule has 0 aromatic heterocycles. The highest BCUT2D eigenvalue weighted by Gasteiger charge is 2.33. The number of carboxylic acids is 1. The van der Waals surface area contributed by atoms with Gasteiger partial charge in [0.2, 0.25) is 5.91 Å². The molecule has 1 saturated heterocycles. The van der Waals surface area contributed by atoms with Crippen LogP contribution in [0.5, 0.6) is 0 Å².